The monoisotopic (exact) mass is 418 g/mol. The van der Waals surface area contributed by atoms with Gasteiger partial charge in [-0.3, -0.25) is 0 Å². The number of nitrogens with one attached hydrogen (secondary N) is 2. The number of benzene rings is 2. The molecule has 128 valence electrons. The van der Waals surface area contributed by atoms with Gasteiger partial charge in [0.05, 0.1) is 17.3 Å². The normalized spacial score (nSPS) is 10.3. The molecule has 0 heterocycles. The quantitative estimate of drug-likeness (QED) is 0.650. The smallest absolute Gasteiger partial charge is 0.319 e. The summed E-state index contributed by atoms with van der Waals surface area (Å²) >= 11 is 9.31. The molecule has 8 heteroatoms. The van der Waals surface area contributed by atoms with Crippen molar-refractivity contribution in [2.24, 2.45) is 0 Å². The lowest BCUT2D eigenvalue weighted by Crippen LogP contribution is -2.30. The highest BCUT2D eigenvalue weighted by Crippen LogP contribution is 2.27. The fourth-order valence-corrected chi connectivity index (χ4v) is 2.53. The zero-order chi connectivity index (χ0) is 17.5. The molecule has 2 amide bonds. The van der Waals surface area contributed by atoms with Gasteiger partial charge < -0.3 is 15.4 Å². The highest BCUT2D eigenvalue weighted by molar-refractivity contribution is 9.10. The Bertz CT molecular complexity index is 731. The van der Waals surface area contributed by atoms with Crippen LogP contribution in [0.25, 0.3) is 0 Å². The number of rotatable bonds is 6. The molecule has 0 aromatic heterocycles. The van der Waals surface area contributed by atoms with Crippen LogP contribution in [0.15, 0.2) is 40.9 Å². The lowest BCUT2D eigenvalue weighted by molar-refractivity contribution is 0.250. The van der Waals surface area contributed by atoms with E-state index in [2.05, 4.69) is 26.6 Å². The first-order valence-electron chi connectivity index (χ1n) is 7.03. The van der Waals surface area contributed by atoms with Gasteiger partial charge in [0.1, 0.15) is 17.4 Å². The number of hydrogen-bond donors (Lipinski definition) is 2. The Hall–Kier alpha value is -1.86. The van der Waals surface area contributed by atoms with E-state index in [1.54, 1.807) is 12.1 Å². The molecule has 24 heavy (non-hydrogen) atoms. The Morgan fingerprint density at radius 2 is 2.00 bits per heavy atom. The van der Waals surface area contributed by atoms with Crippen molar-refractivity contribution in [3.63, 3.8) is 0 Å². The molecule has 0 aliphatic rings. The summed E-state index contributed by atoms with van der Waals surface area (Å²) in [5.41, 5.74) is -0.0909. The second-order valence-corrected chi connectivity index (χ2v) is 6.10. The molecule has 0 fully saturated rings. The largest absolute Gasteiger partial charge is 0.492 e. The van der Waals surface area contributed by atoms with Crippen LogP contribution in [-0.4, -0.2) is 19.2 Å². The van der Waals surface area contributed by atoms with E-state index in [4.69, 9.17) is 16.3 Å². The summed E-state index contributed by atoms with van der Waals surface area (Å²) in [5, 5.41) is 5.34. The Labute approximate surface area is 151 Å². The number of halogens is 4. The van der Waals surface area contributed by atoms with Crippen molar-refractivity contribution >= 4 is 39.2 Å². The van der Waals surface area contributed by atoms with Gasteiger partial charge in [-0.1, -0.05) is 27.5 Å². The maximum atomic E-state index is 13.4. The van der Waals surface area contributed by atoms with Gasteiger partial charge in [0.2, 0.25) is 0 Å². The minimum absolute atomic E-state index is 0.0909. The van der Waals surface area contributed by atoms with E-state index < -0.39 is 17.7 Å². The summed E-state index contributed by atoms with van der Waals surface area (Å²) < 4.78 is 32.5. The van der Waals surface area contributed by atoms with Crippen LogP contribution in [0.1, 0.15) is 6.42 Å². The fraction of sp³-hybridized carbons (Fsp3) is 0.188. The number of hydrogen-bond acceptors (Lipinski definition) is 2. The summed E-state index contributed by atoms with van der Waals surface area (Å²) in [4.78, 5) is 11.6. The fourth-order valence-electron chi connectivity index (χ4n) is 1.81. The molecular weight excluding hydrogens is 406 g/mol. The molecule has 2 aromatic carbocycles. The highest BCUT2D eigenvalue weighted by Gasteiger charge is 2.07. The maximum Gasteiger partial charge on any atom is 0.319 e. The van der Waals surface area contributed by atoms with E-state index in [0.29, 0.717) is 36.4 Å². The Kier molecular flexibility index (Phi) is 6.81. The van der Waals surface area contributed by atoms with Crippen LogP contribution in [0.3, 0.4) is 0 Å². The van der Waals surface area contributed by atoms with Crippen LogP contribution >= 0.6 is 27.5 Å². The van der Waals surface area contributed by atoms with Crippen LogP contribution in [0.4, 0.5) is 19.3 Å². The molecule has 0 unspecified atom stereocenters. The molecule has 0 saturated carbocycles. The first-order chi connectivity index (χ1) is 11.5. The summed E-state index contributed by atoms with van der Waals surface area (Å²) in [6, 6.07) is 7.61. The molecule has 4 nitrogen and oxygen atoms in total. The zero-order valence-electron chi connectivity index (χ0n) is 12.4. The number of anilines is 1. The van der Waals surface area contributed by atoms with Crippen LogP contribution in [-0.2, 0) is 0 Å². The lowest BCUT2D eigenvalue weighted by Gasteiger charge is -2.10. The van der Waals surface area contributed by atoms with E-state index in [1.807, 2.05) is 6.07 Å². The predicted molar refractivity (Wildman–Crippen MR) is 92.6 cm³/mol. The van der Waals surface area contributed by atoms with Crippen molar-refractivity contribution in [1.29, 1.82) is 0 Å². The number of amides is 2. The standard InChI is InChI=1S/C16H14BrClF2N2O2/c17-10-2-5-15(12(18)8-10)24-7-1-6-21-16(23)22-14-4-3-11(19)9-13(14)20/h2-5,8-9H,1,6-7H2,(H2,21,22,23). The molecule has 0 atom stereocenters. The van der Waals surface area contributed by atoms with Gasteiger partial charge in [-0.05, 0) is 36.8 Å². The first kappa shape index (κ1) is 18.5. The van der Waals surface area contributed by atoms with Gasteiger partial charge in [-0.15, -0.1) is 0 Å². The number of carbonyl (C=O) groups is 1. The number of carbonyl (C=O) groups excluding carboxylic acids is 1. The SMILES string of the molecule is O=C(NCCCOc1ccc(Br)cc1Cl)Nc1ccc(F)cc1F. The highest BCUT2D eigenvalue weighted by atomic mass is 79.9. The Balaban J connectivity index is 1.69. The molecular formula is C16H14BrClF2N2O2. The summed E-state index contributed by atoms with van der Waals surface area (Å²) in [5.74, 6) is -0.988. The second kappa shape index (κ2) is 8.84. The van der Waals surface area contributed by atoms with Gasteiger partial charge in [0.15, 0.2) is 0 Å². The van der Waals surface area contributed by atoms with Crippen LogP contribution in [0, 0.1) is 11.6 Å². The number of urea groups is 1. The van der Waals surface area contributed by atoms with Crippen molar-refractivity contribution in [1.82, 2.24) is 5.32 Å². The molecule has 0 aliphatic heterocycles. The third-order valence-corrected chi connectivity index (χ3v) is 3.73. The number of ether oxygens (including phenoxy) is 1. The van der Waals surface area contributed by atoms with Gasteiger partial charge in [-0.2, -0.15) is 0 Å². The molecule has 0 saturated heterocycles. The van der Waals surface area contributed by atoms with E-state index in [9.17, 15) is 13.6 Å². The molecule has 0 aliphatic carbocycles. The van der Waals surface area contributed by atoms with Gasteiger partial charge in [0, 0.05) is 17.1 Å². The Morgan fingerprint density at radius 3 is 2.71 bits per heavy atom. The molecule has 2 rings (SSSR count). The first-order valence-corrected chi connectivity index (χ1v) is 8.20. The average Bonchev–Trinajstić information content (AvgIpc) is 2.51. The van der Waals surface area contributed by atoms with Crippen molar-refractivity contribution in [3.8, 4) is 5.75 Å². The van der Waals surface area contributed by atoms with E-state index in [-0.39, 0.29) is 5.69 Å². The molecule has 2 aromatic rings. The van der Waals surface area contributed by atoms with E-state index >= 15 is 0 Å². The van der Waals surface area contributed by atoms with Crippen molar-refractivity contribution < 1.29 is 18.3 Å². The van der Waals surface area contributed by atoms with Crippen LogP contribution in [0.5, 0.6) is 5.75 Å². The molecule has 0 bridgehead atoms. The van der Waals surface area contributed by atoms with Crippen LogP contribution < -0.4 is 15.4 Å². The molecule has 0 radical (unpaired) electrons. The third kappa shape index (κ3) is 5.65. The molecule has 2 N–H and O–H groups in total. The minimum atomic E-state index is -0.835. The summed E-state index contributed by atoms with van der Waals surface area (Å²) in [7, 11) is 0. The maximum absolute atomic E-state index is 13.4. The Morgan fingerprint density at radius 1 is 1.21 bits per heavy atom. The van der Waals surface area contributed by atoms with Gasteiger partial charge >= 0.3 is 6.03 Å². The van der Waals surface area contributed by atoms with Gasteiger partial charge in [-0.25, -0.2) is 13.6 Å². The van der Waals surface area contributed by atoms with E-state index in [1.165, 1.54) is 0 Å². The van der Waals surface area contributed by atoms with Gasteiger partial charge in [0.25, 0.3) is 0 Å². The van der Waals surface area contributed by atoms with Crippen molar-refractivity contribution in [2.75, 3.05) is 18.5 Å². The third-order valence-electron chi connectivity index (χ3n) is 2.94. The lowest BCUT2D eigenvalue weighted by atomic mass is 10.3. The summed E-state index contributed by atoms with van der Waals surface area (Å²) in [6.45, 7) is 0.676. The zero-order valence-corrected chi connectivity index (χ0v) is 14.8. The molecule has 0 spiro atoms. The summed E-state index contributed by atoms with van der Waals surface area (Å²) in [6.07, 6.45) is 0.533. The van der Waals surface area contributed by atoms with Crippen molar-refractivity contribution in [2.45, 2.75) is 6.42 Å². The topological polar surface area (TPSA) is 50.4 Å². The predicted octanol–water partition coefficient (Wildman–Crippen LogP) is 4.97. The minimum Gasteiger partial charge on any atom is -0.492 e. The van der Waals surface area contributed by atoms with Crippen LogP contribution in [0.2, 0.25) is 5.02 Å². The van der Waals surface area contributed by atoms with E-state index in [0.717, 1.165) is 16.6 Å². The van der Waals surface area contributed by atoms with Crippen molar-refractivity contribution in [3.05, 3.63) is 57.5 Å². The second-order valence-electron chi connectivity index (χ2n) is 4.78. The average molecular weight is 420 g/mol.